The number of aliphatic hydroxyl groups is 2. The summed E-state index contributed by atoms with van der Waals surface area (Å²) in [5.41, 5.74) is 5.49. The van der Waals surface area contributed by atoms with E-state index in [0.29, 0.717) is 12.0 Å². The van der Waals surface area contributed by atoms with Gasteiger partial charge in [0.05, 0.1) is 13.2 Å². The number of aryl methyl sites for hydroxylation is 2. The topological polar surface area (TPSA) is 60.7 Å². The lowest BCUT2D eigenvalue weighted by Gasteiger charge is -2.11. The summed E-state index contributed by atoms with van der Waals surface area (Å²) in [6, 6.07) is 9.78. The zero-order valence-electron chi connectivity index (χ0n) is 11.8. The van der Waals surface area contributed by atoms with Crippen LogP contribution in [0.2, 0.25) is 0 Å². The van der Waals surface area contributed by atoms with E-state index in [1.54, 1.807) is 0 Å². The first-order valence-electron chi connectivity index (χ1n) is 6.66. The minimum Gasteiger partial charge on any atom is -0.507 e. The third-order valence-corrected chi connectivity index (χ3v) is 3.40. The van der Waals surface area contributed by atoms with Crippen LogP contribution in [0.5, 0.6) is 5.75 Å². The molecule has 0 bridgehead atoms. The molecule has 0 spiro atoms. The van der Waals surface area contributed by atoms with Gasteiger partial charge < -0.3 is 15.3 Å². The van der Waals surface area contributed by atoms with Gasteiger partial charge in [0.2, 0.25) is 0 Å². The first-order chi connectivity index (χ1) is 9.53. The van der Waals surface area contributed by atoms with E-state index in [-0.39, 0.29) is 19.0 Å². The van der Waals surface area contributed by atoms with Crippen LogP contribution in [-0.2, 0) is 19.6 Å². The van der Waals surface area contributed by atoms with Crippen molar-refractivity contribution in [1.29, 1.82) is 0 Å². The number of rotatable bonds is 4. The standard InChI is InChI=1S/C17H20O3/c1-11-3-13(7-15(4-11)9-18)6-14-5-12(2)17(20)16(8-14)10-19/h3-5,7-8,18-20H,6,9-10H2,1-2H3. The molecule has 0 saturated carbocycles. The Labute approximate surface area is 119 Å². The van der Waals surface area contributed by atoms with Crippen LogP contribution >= 0.6 is 0 Å². The van der Waals surface area contributed by atoms with Gasteiger partial charge >= 0.3 is 0 Å². The Balaban J connectivity index is 2.34. The van der Waals surface area contributed by atoms with Crippen molar-refractivity contribution in [3.05, 3.63) is 63.7 Å². The summed E-state index contributed by atoms with van der Waals surface area (Å²) in [6.07, 6.45) is 0.711. The van der Waals surface area contributed by atoms with E-state index < -0.39 is 0 Å². The third-order valence-electron chi connectivity index (χ3n) is 3.40. The summed E-state index contributed by atoms with van der Waals surface area (Å²) in [4.78, 5) is 0. The summed E-state index contributed by atoms with van der Waals surface area (Å²) < 4.78 is 0. The quantitative estimate of drug-likeness (QED) is 0.801. The fourth-order valence-corrected chi connectivity index (χ4v) is 2.53. The van der Waals surface area contributed by atoms with Crippen LogP contribution in [0.15, 0.2) is 30.3 Å². The van der Waals surface area contributed by atoms with Crippen molar-refractivity contribution in [2.75, 3.05) is 0 Å². The molecule has 3 heteroatoms. The molecule has 0 saturated heterocycles. The van der Waals surface area contributed by atoms with Crippen molar-refractivity contribution >= 4 is 0 Å². The van der Waals surface area contributed by atoms with E-state index in [2.05, 4.69) is 6.07 Å². The Hall–Kier alpha value is -1.84. The number of hydrogen-bond acceptors (Lipinski definition) is 3. The van der Waals surface area contributed by atoms with Gasteiger partial charge in [-0.25, -0.2) is 0 Å². The van der Waals surface area contributed by atoms with Crippen molar-refractivity contribution in [1.82, 2.24) is 0 Å². The van der Waals surface area contributed by atoms with Gasteiger partial charge in [-0.15, -0.1) is 0 Å². The fraction of sp³-hybridized carbons (Fsp3) is 0.294. The molecule has 2 aromatic rings. The molecule has 106 valence electrons. The molecule has 0 radical (unpaired) electrons. The highest BCUT2D eigenvalue weighted by molar-refractivity contribution is 5.44. The van der Waals surface area contributed by atoms with Gasteiger partial charge in [-0.05, 0) is 48.6 Å². The van der Waals surface area contributed by atoms with Crippen LogP contribution in [-0.4, -0.2) is 15.3 Å². The van der Waals surface area contributed by atoms with Crippen molar-refractivity contribution in [2.45, 2.75) is 33.5 Å². The molecule has 0 aliphatic rings. The van der Waals surface area contributed by atoms with Crippen LogP contribution < -0.4 is 0 Å². The third kappa shape index (κ3) is 3.18. The van der Waals surface area contributed by atoms with Crippen LogP contribution in [0, 0.1) is 13.8 Å². The lowest BCUT2D eigenvalue weighted by atomic mass is 9.97. The number of benzene rings is 2. The second-order valence-corrected chi connectivity index (χ2v) is 5.24. The van der Waals surface area contributed by atoms with Gasteiger partial charge in [0.15, 0.2) is 0 Å². The van der Waals surface area contributed by atoms with Crippen molar-refractivity contribution in [3.63, 3.8) is 0 Å². The van der Waals surface area contributed by atoms with Gasteiger partial charge in [-0.2, -0.15) is 0 Å². The summed E-state index contributed by atoms with van der Waals surface area (Å²) in [7, 11) is 0. The lowest BCUT2D eigenvalue weighted by molar-refractivity contribution is 0.275. The Kier molecular flexibility index (Phi) is 4.42. The summed E-state index contributed by atoms with van der Waals surface area (Å²) in [5, 5.41) is 28.3. The fourth-order valence-electron chi connectivity index (χ4n) is 2.53. The molecule has 0 aromatic heterocycles. The van der Waals surface area contributed by atoms with E-state index in [1.807, 2.05) is 38.1 Å². The monoisotopic (exact) mass is 272 g/mol. The number of hydrogen-bond donors (Lipinski definition) is 3. The molecule has 0 heterocycles. The van der Waals surface area contributed by atoms with Crippen LogP contribution in [0.4, 0.5) is 0 Å². The second-order valence-electron chi connectivity index (χ2n) is 5.24. The summed E-state index contributed by atoms with van der Waals surface area (Å²) in [5.74, 6) is 0.163. The molecule has 0 unspecified atom stereocenters. The molecule has 2 rings (SSSR count). The maximum Gasteiger partial charge on any atom is 0.124 e. The molecule has 0 atom stereocenters. The van der Waals surface area contributed by atoms with Gasteiger partial charge in [-0.1, -0.05) is 29.8 Å². The predicted octanol–water partition coefficient (Wildman–Crippen LogP) is 2.58. The zero-order valence-corrected chi connectivity index (χ0v) is 11.8. The summed E-state index contributed by atoms with van der Waals surface area (Å²) in [6.45, 7) is 3.69. The van der Waals surface area contributed by atoms with Crippen LogP contribution in [0.3, 0.4) is 0 Å². The molecule has 2 aromatic carbocycles. The number of aliphatic hydroxyl groups excluding tert-OH is 2. The van der Waals surface area contributed by atoms with Crippen LogP contribution in [0.25, 0.3) is 0 Å². The first kappa shape index (κ1) is 14.6. The molecule has 3 nitrogen and oxygen atoms in total. The van der Waals surface area contributed by atoms with E-state index in [1.165, 1.54) is 0 Å². The smallest absolute Gasteiger partial charge is 0.124 e. The Morgan fingerprint density at radius 2 is 1.45 bits per heavy atom. The lowest BCUT2D eigenvalue weighted by Crippen LogP contribution is -1.96. The van der Waals surface area contributed by atoms with E-state index >= 15 is 0 Å². The second kappa shape index (κ2) is 6.07. The summed E-state index contributed by atoms with van der Waals surface area (Å²) >= 11 is 0. The Morgan fingerprint density at radius 3 is 2.10 bits per heavy atom. The first-order valence-corrected chi connectivity index (χ1v) is 6.66. The van der Waals surface area contributed by atoms with Gasteiger partial charge in [0.25, 0.3) is 0 Å². The molecule has 0 fully saturated rings. The highest BCUT2D eigenvalue weighted by Gasteiger charge is 2.07. The van der Waals surface area contributed by atoms with Gasteiger partial charge in [0.1, 0.15) is 5.75 Å². The normalized spacial score (nSPS) is 10.8. The average molecular weight is 272 g/mol. The number of aromatic hydroxyl groups is 1. The number of phenols is 1. The molecule has 3 N–H and O–H groups in total. The molecule has 0 aliphatic heterocycles. The SMILES string of the molecule is Cc1cc(CO)cc(Cc2cc(C)c(O)c(CO)c2)c1. The Morgan fingerprint density at radius 1 is 0.800 bits per heavy atom. The van der Waals surface area contributed by atoms with Crippen LogP contribution in [0.1, 0.15) is 33.4 Å². The molecule has 0 amide bonds. The Bertz CT molecular complexity index is 618. The largest absolute Gasteiger partial charge is 0.507 e. The maximum absolute atomic E-state index is 9.82. The van der Waals surface area contributed by atoms with Gasteiger partial charge in [0, 0.05) is 5.56 Å². The highest BCUT2D eigenvalue weighted by atomic mass is 16.3. The molecule has 0 aliphatic carbocycles. The average Bonchev–Trinajstić information content (AvgIpc) is 2.41. The van der Waals surface area contributed by atoms with E-state index in [9.17, 15) is 15.3 Å². The molecular weight excluding hydrogens is 252 g/mol. The maximum atomic E-state index is 9.82. The van der Waals surface area contributed by atoms with Crippen molar-refractivity contribution < 1.29 is 15.3 Å². The predicted molar refractivity (Wildman–Crippen MR) is 78.7 cm³/mol. The minimum atomic E-state index is -0.170. The van der Waals surface area contributed by atoms with E-state index in [4.69, 9.17) is 0 Å². The minimum absolute atomic E-state index is 0.0329. The zero-order chi connectivity index (χ0) is 14.7. The molecule has 20 heavy (non-hydrogen) atoms. The van der Waals surface area contributed by atoms with E-state index in [0.717, 1.165) is 27.8 Å². The highest BCUT2D eigenvalue weighted by Crippen LogP contribution is 2.25. The van der Waals surface area contributed by atoms with Crippen molar-refractivity contribution in [3.8, 4) is 5.75 Å². The van der Waals surface area contributed by atoms with Crippen molar-refractivity contribution in [2.24, 2.45) is 0 Å². The van der Waals surface area contributed by atoms with Gasteiger partial charge in [-0.3, -0.25) is 0 Å². The molecular formula is C17H20O3.